The van der Waals surface area contributed by atoms with Gasteiger partial charge in [-0.05, 0) is 29.9 Å². The number of hydrogen-bond acceptors (Lipinski definition) is 2. The van der Waals surface area contributed by atoms with Gasteiger partial charge >= 0.3 is 0 Å². The van der Waals surface area contributed by atoms with Crippen LogP contribution >= 0.6 is 0 Å². The Hall–Kier alpha value is -0.860. The lowest BCUT2D eigenvalue weighted by Gasteiger charge is -2.25. The van der Waals surface area contributed by atoms with Gasteiger partial charge < -0.3 is 10.1 Å². The van der Waals surface area contributed by atoms with Gasteiger partial charge in [-0.3, -0.25) is 0 Å². The van der Waals surface area contributed by atoms with Crippen LogP contribution in [0.25, 0.3) is 0 Å². The van der Waals surface area contributed by atoms with Crippen LogP contribution in [0.4, 0.5) is 0 Å². The summed E-state index contributed by atoms with van der Waals surface area (Å²) in [5.74, 6) is 0.687. The van der Waals surface area contributed by atoms with Gasteiger partial charge in [0.15, 0.2) is 0 Å². The molecule has 0 saturated carbocycles. The molecule has 0 amide bonds. The van der Waals surface area contributed by atoms with E-state index in [4.69, 9.17) is 4.74 Å². The van der Waals surface area contributed by atoms with E-state index in [1.165, 1.54) is 24.0 Å². The second kappa shape index (κ2) is 6.18. The first-order valence-electron chi connectivity index (χ1n) is 6.77. The van der Waals surface area contributed by atoms with Crippen molar-refractivity contribution in [3.8, 4) is 0 Å². The fourth-order valence-corrected chi connectivity index (χ4v) is 2.55. The van der Waals surface area contributed by atoms with E-state index in [1.807, 2.05) is 0 Å². The highest BCUT2D eigenvalue weighted by Crippen LogP contribution is 2.27. The molecule has 1 unspecified atom stereocenters. The lowest BCUT2D eigenvalue weighted by Crippen LogP contribution is -2.33. The quantitative estimate of drug-likeness (QED) is 0.862. The zero-order valence-corrected chi connectivity index (χ0v) is 10.9. The van der Waals surface area contributed by atoms with Crippen molar-refractivity contribution in [1.82, 2.24) is 5.32 Å². The summed E-state index contributed by atoms with van der Waals surface area (Å²) in [6.07, 6.45) is 2.66. The predicted octanol–water partition coefficient (Wildman–Crippen LogP) is 3.25. The number of ether oxygens (including phenoxy) is 1. The Bertz CT molecular complexity index is 341. The molecule has 1 heterocycles. The summed E-state index contributed by atoms with van der Waals surface area (Å²) >= 11 is 0. The SMILES string of the molecule is CCC(CC)c1cccc(C2CNCCO2)c1. The average Bonchev–Trinajstić information content (AvgIpc) is 2.42. The van der Waals surface area contributed by atoms with Crippen LogP contribution in [0.15, 0.2) is 24.3 Å². The Morgan fingerprint density at radius 1 is 1.35 bits per heavy atom. The van der Waals surface area contributed by atoms with Crippen molar-refractivity contribution >= 4 is 0 Å². The Labute approximate surface area is 104 Å². The summed E-state index contributed by atoms with van der Waals surface area (Å²) < 4.78 is 5.80. The first-order valence-corrected chi connectivity index (χ1v) is 6.77. The minimum Gasteiger partial charge on any atom is -0.371 e. The van der Waals surface area contributed by atoms with E-state index in [9.17, 15) is 0 Å². The molecule has 0 aliphatic carbocycles. The van der Waals surface area contributed by atoms with Gasteiger partial charge in [0, 0.05) is 13.1 Å². The van der Waals surface area contributed by atoms with E-state index < -0.39 is 0 Å². The molecule has 1 aliphatic heterocycles. The lowest BCUT2D eigenvalue weighted by atomic mass is 9.92. The zero-order valence-electron chi connectivity index (χ0n) is 10.9. The number of rotatable bonds is 4. The van der Waals surface area contributed by atoms with E-state index in [2.05, 4.69) is 43.4 Å². The number of hydrogen-bond donors (Lipinski definition) is 1. The van der Waals surface area contributed by atoms with Crippen LogP contribution in [0.1, 0.15) is 49.8 Å². The van der Waals surface area contributed by atoms with Crippen molar-refractivity contribution in [1.29, 1.82) is 0 Å². The maximum absolute atomic E-state index is 5.80. The zero-order chi connectivity index (χ0) is 12.1. The van der Waals surface area contributed by atoms with Gasteiger partial charge in [-0.25, -0.2) is 0 Å². The summed E-state index contributed by atoms with van der Waals surface area (Å²) in [6.45, 7) is 7.26. The van der Waals surface area contributed by atoms with E-state index in [1.54, 1.807) is 0 Å². The molecule has 0 aromatic heterocycles. The highest BCUT2D eigenvalue weighted by Gasteiger charge is 2.16. The van der Waals surface area contributed by atoms with E-state index >= 15 is 0 Å². The Kier molecular flexibility index (Phi) is 4.57. The monoisotopic (exact) mass is 233 g/mol. The topological polar surface area (TPSA) is 21.3 Å². The minimum atomic E-state index is 0.234. The molecule has 1 aromatic carbocycles. The summed E-state index contributed by atoms with van der Waals surface area (Å²) in [5, 5.41) is 3.38. The van der Waals surface area contributed by atoms with Gasteiger partial charge in [-0.15, -0.1) is 0 Å². The third-order valence-electron chi connectivity index (χ3n) is 3.67. The molecule has 17 heavy (non-hydrogen) atoms. The molecule has 1 aromatic rings. The largest absolute Gasteiger partial charge is 0.371 e. The van der Waals surface area contributed by atoms with Gasteiger partial charge in [0.2, 0.25) is 0 Å². The minimum absolute atomic E-state index is 0.234. The van der Waals surface area contributed by atoms with Crippen LogP contribution < -0.4 is 5.32 Å². The van der Waals surface area contributed by atoms with Crippen molar-refractivity contribution in [3.63, 3.8) is 0 Å². The summed E-state index contributed by atoms with van der Waals surface area (Å²) in [4.78, 5) is 0. The van der Waals surface area contributed by atoms with Crippen molar-refractivity contribution in [2.75, 3.05) is 19.7 Å². The Morgan fingerprint density at radius 2 is 2.18 bits per heavy atom. The molecular weight excluding hydrogens is 210 g/mol. The molecule has 0 spiro atoms. The summed E-state index contributed by atoms with van der Waals surface area (Å²) in [6, 6.07) is 8.93. The smallest absolute Gasteiger partial charge is 0.0949 e. The normalized spacial score (nSPS) is 20.8. The highest BCUT2D eigenvalue weighted by molar-refractivity contribution is 5.28. The van der Waals surface area contributed by atoms with Crippen molar-refractivity contribution in [3.05, 3.63) is 35.4 Å². The molecule has 2 rings (SSSR count). The average molecular weight is 233 g/mol. The molecule has 94 valence electrons. The second-order valence-corrected chi connectivity index (χ2v) is 4.75. The van der Waals surface area contributed by atoms with Crippen molar-refractivity contribution < 1.29 is 4.74 Å². The molecule has 1 saturated heterocycles. The molecule has 1 N–H and O–H groups in total. The van der Waals surface area contributed by atoms with E-state index in [0.717, 1.165) is 19.7 Å². The van der Waals surface area contributed by atoms with Crippen LogP contribution in [0.3, 0.4) is 0 Å². The highest BCUT2D eigenvalue weighted by atomic mass is 16.5. The van der Waals surface area contributed by atoms with Gasteiger partial charge in [0.05, 0.1) is 12.7 Å². The van der Waals surface area contributed by atoms with Gasteiger partial charge in [-0.2, -0.15) is 0 Å². The molecule has 2 nitrogen and oxygen atoms in total. The molecular formula is C15H23NO. The van der Waals surface area contributed by atoms with Crippen LogP contribution in [0, 0.1) is 0 Å². The molecule has 2 heteroatoms. The van der Waals surface area contributed by atoms with Crippen LogP contribution in [-0.2, 0) is 4.74 Å². The summed E-state index contributed by atoms with van der Waals surface area (Å²) in [5.41, 5.74) is 2.78. The fourth-order valence-electron chi connectivity index (χ4n) is 2.55. The first kappa shape index (κ1) is 12.6. The fraction of sp³-hybridized carbons (Fsp3) is 0.600. The van der Waals surface area contributed by atoms with Crippen LogP contribution in [0.5, 0.6) is 0 Å². The molecule has 1 aliphatic rings. The first-order chi connectivity index (χ1) is 8.35. The van der Waals surface area contributed by atoms with Crippen LogP contribution in [-0.4, -0.2) is 19.7 Å². The molecule has 0 radical (unpaired) electrons. The standard InChI is InChI=1S/C15H23NO/c1-3-12(4-2)13-6-5-7-14(10-13)15-11-16-8-9-17-15/h5-7,10,12,15-16H,3-4,8-9,11H2,1-2H3. The van der Waals surface area contributed by atoms with Crippen molar-refractivity contribution in [2.45, 2.75) is 38.7 Å². The van der Waals surface area contributed by atoms with E-state index in [-0.39, 0.29) is 6.10 Å². The second-order valence-electron chi connectivity index (χ2n) is 4.75. The molecule has 1 fully saturated rings. The lowest BCUT2D eigenvalue weighted by molar-refractivity contribution is 0.0276. The number of benzene rings is 1. The predicted molar refractivity (Wildman–Crippen MR) is 71.3 cm³/mol. The van der Waals surface area contributed by atoms with E-state index in [0.29, 0.717) is 5.92 Å². The number of morpholine rings is 1. The molecule has 1 atom stereocenters. The summed E-state index contributed by atoms with van der Waals surface area (Å²) in [7, 11) is 0. The van der Waals surface area contributed by atoms with Gasteiger partial charge in [-0.1, -0.05) is 38.1 Å². The van der Waals surface area contributed by atoms with Gasteiger partial charge in [0.25, 0.3) is 0 Å². The maximum Gasteiger partial charge on any atom is 0.0949 e. The Balaban J connectivity index is 2.15. The Morgan fingerprint density at radius 3 is 2.82 bits per heavy atom. The van der Waals surface area contributed by atoms with Gasteiger partial charge in [0.1, 0.15) is 0 Å². The van der Waals surface area contributed by atoms with Crippen molar-refractivity contribution in [2.24, 2.45) is 0 Å². The molecule has 0 bridgehead atoms. The third-order valence-corrected chi connectivity index (χ3v) is 3.67. The maximum atomic E-state index is 5.80. The third kappa shape index (κ3) is 3.08. The number of nitrogens with one attached hydrogen (secondary N) is 1. The van der Waals surface area contributed by atoms with Crippen LogP contribution in [0.2, 0.25) is 0 Å².